The Morgan fingerprint density at radius 2 is 2.16 bits per heavy atom. The fourth-order valence-electron chi connectivity index (χ4n) is 2.78. The van der Waals surface area contributed by atoms with E-state index in [1.807, 2.05) is 6.92 Å². The van der Waals surface area contributed by atoms with Gasteiger partial charge >= 0.3 is 5.97 Å². The highest BCUT2D eigenvalue weighted by atomic mass is 16.4. The summed E-state index contributed by atoms with van der Waals surface area (Å²) < 4.78 is 0. The van der Waals surface area contributed by atoms with Crippen LogP contribution in [0.15, 0.2) is 0 Å². The average molecular weight is 270 g/mol. The second-order valence-electron chi connectivity index (χ2n) is 5.54. The first-order valence-corrected chi connectivity index (χ1v) is 7.25. The molecule has 1 saturated heterocycles. The summed E-state index contributed by atoms with van der Waals surface area (Å²) in [5, 5.41) is 15.0. The SMILES string of the molecule is CCCC1(C(=O)NCC(CC)CC(=O)O)CCNC1. The standard InChI is InChI=1S/C14H26N2O3/c1-3-5-14(6-7-15-10-14)13(19)16-9-11(4-2)8-12(17)18/h11,15H,3-10H2,1-2H3,(H,16,19)(H,17,18). The molecule has 1 aliphatic heterocycles. The van der Waals surface area contributed by atoms with Gasteiger partial charge in [-0.3, -0.25) is 9.59 Å². The average Bonchev–Trinajstić information content (AvgIpc) is 2.84. The van der Waals surface area contributed by atoms with Crippen molar-refractivity contribution in [1.82, 2.24) is 10.6 Å². The lowest BCUT2D eigenvalue weighted by Gasteiger charge is -2.27. The minimum atomic E-state index is -0.799. The monoisotopic (exact) mass is 270 g/mol. The molecular formula is C14H26N2O3. The number of hydrogen-bond donors (Lipinski definition) is 3. The number of carboxylic acids is 1. The van der Waals surface area contributed by atoms with Crippen LogP contribution in [0.5, 0.6) is 0 Å². The number of amides is 1. The summed E-state index contributed by atoms with van der Waals surface area (Å²) in [7, 11) is 0. The van der Waals surface area contributed by atoms with E-state index in [4.69, 9.17) is 5.11 Å². The molecule has 0 bridgehead atoms. The van der Waals surface area contributed by atoms with Crippen LogP contribution in [0.4, 0.5) is 0 Å². The Morgan fingerprint density at radius 3 is 2.63 bits per heavy atom. The summed E-state index contributed by atoms with van der Waals surface area (Å²) >= 11 is 0. The van der Waals surface area contributed by atoms with Gasteiger partial charge in [0, 0.05) is 19.5 Å². The van der Waals surface area contributed by atoms with Crippen molar-refractivity contribution in [2.24, 2.45) is 11.3 Å². The molecule has 0 aromatic rings. The highest BCUT2D eigenvalue weighted by Gasteiger charge is 2.40. The predicted molar refractivity (Wildman–Crippen MR) is 73.9 cm³/mol. The molecule has 1 fully saturated rings. The Kier molecular flexibility index (Phi) is 6.28. The van der Waals surface area contributed by atoms with Crippen molar-refractivity contribution in [2.75, 3.05) is 19.6 Å². The number of carbonyl (C=O) groups excluding carboxylic acids is 1. The topological polar surface area (TPSA) is 78.4 Å². The van der Waals surface area contributed by atoms with Crippen LogP contribution in [0.3, 0.4) is 0 Å². The van der Waals surface area contributed by atoms with E-state index in [1.165, 1.54) is 0 Å². The molecular weight excluding hydrogens is 244 g/mol. The Balaban J connectivity index is 2.50. The van der Waals surface area contributed by atoms with E-state index in [2.05, 4.69) is 17.6 Å². The third kappa shape index (κ3) is 4.49. The van der Waals surface area contributed by atoms with E-state index < -0.39 is 5.97 Å². The van der Waals surface area contributed by atoms with Gasteiger partial charge in [-0.25, -0.2) is 0 Å². The van der Waals surface area contributed by atoms with Crippen molar-refractivity contribution in [1.29, 1.82) is 0 Å². The first-order valence-electron chi connectivity index (χ1n) is 7.25. The minimum absolute atomic E-state index is 0.0227. The number of nitrogens with one attached hydrogen (secondary N) is 2. The van der Waals surface area contributed by atoms with Gasteiger partial charge in [0.2, 0.25) is 5.91 Å². The normalized spacial score (nSPS) is 24.1. The Morgan fingerprint density at radius 1 is 1.42 bits per heavy atom. The summed E-state index contributed by atoms with van der Waals surface area (Å²) in [4.78, 5) is 23.1. The predicted octanol–water partition coefficient (Wildman–Crippen LogP) is 1.38. The Labute approximate surface area is 115 Å². The summed E-state index contributed by atoms with van der Waals surface area (Å²) in [6.07, 6.45) is 3.65. The lowest BCUT2D eigenvalue weighted by Crippen LogP contribution is -2.44. The second kappa shape index (κ2) is 7.48. The van der Waals surface area contributed by atoms with Crippen molar-refractivity contribution in [2.45, 2.75) is 46.0 Å². The van der Waals surface area contributed by atoms with Gasteiger partial charge in [0.1, 0.15) is 0 Å². The van der Waals surface area contributed by atoms with E-state index in [0.717, 1.165) is 38.8 Å². The second-order valence-corrected chi connectivity index (χ2v) is 5.54. The van der Waals surface area contributed by atoms with Crippen molar-refractivity contribution < 1.29 is 14.7 Å². The molecule has 5 heteroatoms. The maximum absolute atomic E-state index is 12.4. The van der Waals surface area contributed by atoms with Crippen LogP contribution in [-0.4, -0.2) is 36.6 Å². The fourth-order valence-corrected chi connectivity index (χ4v) is 2.78. The zero-order valence-electron chi connectivity index (χ0n) is 12.0. The lowest BCUT2D eigenvalue weighted by atomic mass is 9.81. The number of rotatable bonds is 8. The quantitative estimate of drug-likeness (QED) is 0.622. The van der Waals surface area contributed by atoms with Gasteiger partial charge in [-0.05, 0) is 25.3 Å². The first-order chi connectivity index (χ1) is 9.04. The molecule has 3 N–H and O–H groups in total. The number of carboxylic acid groups (broad SMARTS) is 1. The maximum atomic E-state index is 12.4. The highest BCUT2D eigenvalue weighted by Crippen LogP contribution is 2.31. The molecule has 0 aromatic heterocycles. The van der Waals surface area contributed by atoms with Gasteiger partial charge in [0.15, 0.2) is 0 Å². The molecule has 2 atom stereocenters. The highest BCUT2D eigenvalue weighted by molar-refractivity contribution is 5.83. The van der Waals surface area contributed by atoms with Crippen LogP contribution in [0.25, 0.3) is 0 Å². The summed E-state index contributed by atoms with van der Waals surface area (Å²) in [6.45, 7) is 6.14. The zero-order chi connectivity index (χ0) is 14.3. The van der Waals surface area contributed by atoms with Crippen molar-refractivity contribution in [3.63, 3.8) is 0 Å². The molecule has 0 radical (unpaired) electrons. The van der Waals surface area contributed by atoms with E-state index in [0.29, 0.717) is 6.54 Å². The first kappa shape index (κ1) is 16.0. The zero-order valence-corrected chi connectivity index (χ0v) is 12.0. The smallest absolute Gasteiger partial charge is 0.303 e. The van der Waals surface area contributed by atoms with Crippen LogP contribution in [-0.2, 0) is 9.59 Å². The lowest BCUT2D eigenvalue weighted by molar-refractivity contribution is -0.138. The van der Waals surface area contributed by atoms with E-state index >= 15 is 0 Å². The number of hydrogen-bond acceptors (Lipinski definition) is 3. The molecule has 1 amide bonds. The van der Waals surface area contributed by atoms with Gasteiger partial charge in [-0.15, -0.1) is 0 Å². The Bertz CT molecular complexity index is 312. The van der Waals surface area contributed by atoms with Crippen molar-refractivity contribution >= 4 is 11.9 Å². The molecule has 1 rings (SSSR count). The van der Waals surface area contributed by atoms with Gasteiger partial charge in [0.25, 0.3) is 0 Å². The van der Waals surface area contributed by atoms with E-state index in [1.54, 1.807) is 0 Å². The molecule has 19 heavy (non-hydrogen) atoms. The van der Waals surface area contributed by atoms with Crippen molar-refractivity contribution in [3.8, 4) is 0 Å². The molecule has 0 saturated carbocycles. The number of aliphatic carboxylic acids is 1. The molecule has 1 aliphatic rings. The van der Waals surface area contributed by atoms with Gasteiger partial charge in [-0.1, -0.05) is 26.7 Å². The van der Waals surface area contributed by atoms with E-state index in [-0.39, 0.29) is 23.7 Å². The van der Waals surface area contributed by atoms with Crippen LogP contribution in [0, 0.1) is 11.3 Å². The van der Waals surface area contributed by atoms with Crippen LogP contribution in [0.2, 0.25) is 0 Å². The fraction of sp³-hybridized carbons (Fsp3) is 0.857. The number of carbonyl (C=O) groups is 2. The molecule has 2 unspecified atom stereocenters. The van der Waals surface area contributed by atoms with Gasteiger partial charge in [0.05, 0.1) is 5.41 Å². The maximum Gasteiger partial charge on any atom is 0.303 e. The summed E-state index contributed by atoms with van der Waals surface area (Å²) in [5.41, 5.74) is -0.281. The molecule has 110 valence electrons. The third-order valence-corrected chi connectivity index (χ3v) is 4.05. The summed E-state index contributed by atoms with van der Waals surface area (Å²) in [5.74, 6) is -0.690. The van der Waals surface area contributed by atoms with E-state index in [9.17, 15) is 9.59 Å². The molecule has 0 aliphatic carbocycles. The third-order valence-electron chi connectivity index (χ3n) is 4.05. The largest absolute Gasteiger partial charge is 0.481 e. The van der Waals surface area contributed by atoms with Crippen LogP contribution >= 0.6 is 0 Å². The molecule has 0 spiro atoms. The minimum Gasteiger partial charge on any atom is -0.481 e. The van der Waals surface area contributed by atoms with Crippen LogP contribution in [0.1, 0.15) is 46.0 Å². The molecule has 5 nitrogen and oxygen atoms in total. The Hall–Kier alpha value is -1.10. The summed E-state index contributed by atoms with van der Waals surface area (Å²) in [6, 6.07) is 0. The molecule has 0 aromatic carbocycles. The molecule has 1 heterocycles. The van der Waals surface area contributed by atoms with Crippen molar-refractivity contribution in [3.05, 3.63) is 0 Å². The van der Waals surface area contributed by atoms with Gasteiger partial charge < -0.3 is 15.7 Å². The van der Waals surface area contributed by atoms with Crippen LogP contribution < -0.4 is 10.6 Å². The van der Waals surface area contributed by atoms with Gasteiger partial charge in [-0.2, -0.15) is 0 Å².